The highest BCUT2D eigenvalue weighted by Gasteiger charge is 2.59. The molecule has 9 aromatic rings. The van der Waals surface area contributed by atoms with E-state index in [9.17, 15) is 0 Å². The van der Waals surface area contributed by atoms with Gasteiger partial charge in [0, 0.05) is 56.0 Å². The largest absolute Gasteiger partial charge is 0.454 e. The second-order valence-corrected chi connectivity index (χ2v) is 32.1. The molecule has 85 heavy (non-hydrogen) atoms. The van der Waals surface area contributed by atoms with Crippen molar-refractivity contribution in [1.82, 2.24) is 0 Å². The topological polar surface area (TPSA) is 22.9 Å². The van der Waals surface area contributed by atoms with Crippen molar-refractivity contribution in [3.8, 4) is 11.1 Å². The number of aryl methyl sites for hydroxylation is 1. The van der Waals surface area contributed by atoms with Crippen LogP contribution < -0.4 is 31.1 Å². The van der Waals surface area contributed by atoms with E-state index >= 15 is 0 Å². The van der Waals surface area contributed by atoms with Gasteiger partial charge in [0.2, 0.25) is 0 Å². The number of nitrogens with zero attached hydrogens (tertiary/aromatic N) is 3. The lowest BCUT2D eigenvalue weighted by molar-refractivity contribution is 0.195. The van der Waals surface area contributed by atoms with E-state index in [1.807, 2.05) is 0 Å². The zero-order valence-corrected chi connectivity index (χ0v) is 53.5. The van der Waals surface area contributed by atoms with Gasteiger partial charge in [-0.3, -0.25) is 0 Å². The molecule has 0 radical (unpaired) electrons. The van der Waals surface area contributed by atoms with Gasteiger partial charge in [0.25, 0.3) is 6.71 Å². The number of anilines is 8. The van der Waals surface area contributed by atoms with Crippen LogP contribution in [-0.2, 0) is 37.9 Å². The SMILES string of the molecule is Cc1cc2c(cc1N1c3cc4c(cc3B3c5cc6c(cc5N(c5cccc7c5oc5ccccc57)c5cc(N7c8ccc(-c9ccccc9)cc8C8(C)CCCCC78C)cc1c53)C(C)(C)CCC6(C)C)C(C)(C)CCC4(C)C)C(C)(C)CC2(C)C. The molecule has 8 aromatic carbocycles. The number of fused-ring (bicyclic) bond motifs is 13. The van der Waals surface area contributed by atoms with E-state index in [0.29, 0.717) is 0 Å². The molecule has 0 bridgehead atoms. The molecule has 430 valence electrons. The highest BCUT2D eigenvalue weighted by Crippen LogP contribution is 2.63. The van der Waals surface area contributed by atoms with E-state index in [1.165, 1.54) is 125 Å². The van der Waals surface area contributed by atoms with Crippen LogP contribution in [0.2, 0.25) is 0 Å². The molecule has 7 aliphatic rings. The first kappa shape index (κ1) is 53.5. The Hall–Kier alpha value is -6.98. The number of para-hydroxylation sites is 2. The van der Waals surface area contributed by atoms with Crippen LogP contribution in [0.1, 0.15) is 199 Å². The molecule has 1 fully saturated rings. The number of rotatable bonds is 4. The van der Waals surface area contributed by atoms with Crippen LogP contribution in [0.3, 0.4) is 0 Å². The van der Waals surface area contributed by atoms with Crippen molar-refractivity contribution in [3.63, 3.8) is 0 Å². The van der Waals surface area contributed by atoms with Gasteiger partial charge in [0.15, 0.2) is 5.58 Å². The Bertz CT molecular complexity index is 4380. The van der Waals surface area contributed by atoms with Crippen molar-refractivity contribution in [2.24, 2.45) is 0 Å². The molecule has 0 N–H and O–H groups in total. The predicted molar refractivity (Wildman–Crippen MR) is 362 cm³/mol. The molecule has 3 aliphatic heterocycles. The van der Waals surface area contributed by atoms with E-state index in [4.69, 9.17) is 4.42 Å². The molecule has 2 unspecified atom stereocenters. The maximum absolute atomic E-state index is 7.26. The number of furan rings is 1. The van der Waals surface area contributed by atoms with Gasteiger partial charge >= 0.3 is 0 Å². The summed E-state index contributed by atoms with van der Waals surface area (Å²) >= 11 is 0. The van der Waals surface area contributed by atoms with Crippen LogP contribution in [0.15, 0.2) is 144 Å². The standard InChI is InChI=1S/C80H86BN3O/c1-48-38-54-59(78(12,13)47-77(54,10)11)44-65(48)83-67-46-58-56(74(4,5)35-37-76(58,8)9)43-62(67)81-61-42-55-57(75(6,7)36-34-73(55,2)3)45-66(61)82(64-28-23-27-53-52-26-19-20-29-70(52)85-72(53)64)68-40-51(41-69(83)71(68)81)84-63-31-30-50(49-24-17-16-18-25-49)39-60(63)79(14)32-21-22-33-80(79,84)15/h16-20,23-31,38-46H,21-22,32-37,47H2,1-15H3. The average molecular weight is 1120 g/mol. The summed E-state index contributed by atoms with van der Waals surface area (Å²) in [4.78, 5) is 8.39. The second kappa shape index (κ2) is 17.2. The predicted octanol–water partition coefficient (Wildman–Crippen LogP) is 20.0. The second-order valence-electron chi connectivity index (χ2n) is 32.1. The third-order valence-electron chi connectivity index (χ3n) is 24.0. The summed E-state index contributed by atoms with van der Waals surface area (Å²) in [5.74, 6) is 0. The van der Waals surface area contributed by atoms with Crippen molar-refractivity contribution >= 4 is 90.5 Å². The molecule has 0 spiro atoms. The molecular weight excluding hydrogens is 1030 g/mol. The minimum Gasteiger partial charge on any atom is -0.454 e. The van der Waals surface area contributed by atoms with E-state index < -0.39 is 0 Å². The molecule has 4 aliphatic carbocycles. The highest BCUT2D eigenvalue weighted by atomic mass is 16.3. The Balaban J connectivity index is 1.08. The molecule has 4 heterocycles. The smallest absolute Gasteiger partial charge is 0.252 e. The number of benzene rings is 8. The Labute approximate surface area is 507 Å². The third kappa shape index (κ3) is 7.22. The monoisotopic (exact) mass is 1120 g/mol. The van der Waals surface area contributed by atoms with E-state index in [-0.39, 0.29) is 50.2 Å². The fraction of sp³-hybridized carbons (Fsp3) is 0.400. The Morgan fingerprint density at radius 2 is 0.906 bits per heavy atom. The average Bonchev–Trinajstić information content (AvgIpc) is 1.67. The van der Waals surface area contributed by atoms with Gasteiger partial charge in [-0.1, -0.05) is 188 Å². The number of hydrogen-bond donors (Lipinski definition) is 0. The first-order chi connectivity index (χ1) is 40.2. The first-order valence-corrected chi connectivity index (χ1v) is 32.5. The lowest BCUT2D eigenvalue weighted by atomic mass is 9.32. The Morgan fingerprint density at radius 1 is 0.388 bits per heavy atom. The lowest BCUT2D eigenvalue weighted by Gasteiger charge is -2.51. The van der Waals surface area contributed by atoms with Gasteiger partial charge in [-0.05, 0) is 218 Å². The molecule has 2 atom stereocenters. The fourth-order valence-corrected chi connectivity index (χ4v) is 19.0. The lowest BCUT2D eigenvalue weighted by Crippen LogP contribution is -2.62. The highest BCUT2D eigenvalue weighted by molar-refractivity contribution is 7.00. The van der Waals surface area contributed by atoms with Crippen LogP contribution in [-0.4, -0.2) is 12.3 Å². The van der Waals surface area contributed by atoms with Gasteiger partial charge in [-0.15, -0.1) is 0 Å². The van der Waals surface area contributed by atoms with E-state index in [0.717, 1.165) is 72.6 Å². The van der Waals surface area contributed by atoms with Crippen LogP contribution in [0, 0.1) is 6.92 Å². The van der Waals surface area contributed by atoms with Crippen molar-refractivity contribution in [2.45, 2.75) is 205 Å². The zero-order chi connectivity index (χ0) is 59.1. The van der Waals surface area contributed by atoms with Crippen LogP contribution in [0.4, 0.5) is 45.5 Å². The van der Waals surface area contributed by atoms with Crippen molar-refractivity contribution < 1.29 is 4.42 Å². The minimum atomic E-state index is -0.209. The van der Waals surface area contributed by atoms with Gasteiger partial charge < -0.3 is 19.1 Å². The Kier molecular flexibility index (Phi) is 10.8. The summed E-state index contributed by atoms with van der Waals surface area (Å²) in [6.07, 6.45) is 10.4. The summed E-state index contributed by atoms with van der Waals surface area (Å²) in [5.41, 5.74) is 30.3. The normalized spacial score (nSPS) is 23.6. The van der Waals surface area contributed by atoms with Crippen LogP contribution >= 0.6 is 0 Å². The summed E-state index contributed by atoms with van der Waals surface area (Å²) in [6.45, 7) is 37.7. The maximum atomic E-state index is 7.26. The maximum Gasteiger partial charge on any atom is 0.252 e. The van der Waals surface area contributed by atoms with Gasteiger partial charge in [-0.25, -0.2) is 0 Å². The molecule has 0 saturated heterocycles. The van der Waals surface area contributed by atoms with Gasteiger partial charge in [0.1, 0.15) is 5.58 Å². The summed E-state index contributed by atoms with van der Waals surface area (Å²) in [6, 6.07) is 55.7. The van der Waals surface area contributed by atoms with E-state index in [1.54, 1.807) is 0 Å². The summed E-state index contributed by atoms with van der Waals surface area (Å²) < 4.78 is 7.26. The minimum absolute atomic E-state index is 0.00303. The van der Waals surface area contributed by atoms with Crippen molar-refractivity contribution in [1.29, 1.82) is 0 Å². The van der Waals surface area contributed by atoms with Crippen LogP contribution in [0.5, 0.6) is 0 Å². The summed E-state index contributed by atoms with van der Waals surface area (Å²) in [5, 5.41) is 2.30. The molecule has 4 nitrogen and oxygen atoms in total. The molecule has 0 amide bonds. The fourth-order valence-electron chi connectivity index (χ4n) is 19.0. The third-order valence-corrected chi connectivity index (χ3v) is 24.0. The van der Waals surface area contributed by atoms with Gasteiger partial charge in [0.05, 0.1) is 11.2 Å². The van der Waals surface area contributed by atoms with Crippen molar-refractivity contribution in [2.75, 3.05) is 14.7 Å². The van der Waals surface area contributed by atoms with E-state index in [2.05, 4.69) is 258 Å². The molecule has 5 heteroatoms. The molecular formula is C80H86BN3O. The van der Waals surface area contributed by atoms with Gasteiger partial charge in [-0.2, -0.15) is 0 Å². The molecule has 1 saturated carbocycles. The Morgan fingerprint density at radius 3 is 1.53 bits per heavy atom. The number of hydrogen-bond acceptors (Lipinski definition) is 4. The quantitative estimate of drug-likeness (QED) is 0.164. The van der Waals surface area contributed by atoms with Crippen molar-refractivity contribution in [3.05, 3.63) is 184 Å². The zero-order valence-electron chi connectivity index (χ0n) is 53.5. The summed E-state index contributed by atoms with van der Waals surface area (Å²) in [7, 11) is 0. The molecule has 16 rings (SSSR count). The van der Waals surface area contributed by atoms with Crippen LogP contribution in [0.25, 0.3) is 33.1 Å². The molecule has 1 aromatic heterocycles. The first-order valence-electron chi connectivity index (χ1n) is 32.5.